The minimum absolute atomic E-state index is 0.259. The van der Waals surface area contributed by atoms with E-state index in [9.17, 15) is 13.2 Å². The number of benzene rings is 1. The number of halogens is 3. The van der Waals surface area contributed by atoms with Crippen LogP contribution in [-0.4, -0.2) is 41.2 Å². The molecular weight excluding hydrogens is 495 g/mol. The highest BCUT2D eigenvalue weighted by molar-refractivity contribution is 5.68. The van der Waals surface area contributed by atoms with E-state index in [2.05, 4.69) is 15.0 Å². The van der Waals surface area contributed by atoms with Gasteiger partial charge in [-0.2, -0.15) is 13.2 Å². The van der Waals surface area contributed by atoms with E-state index in [1.165, 1.54) is 17.3 Å². The van der Waals surface area contributed by atoms with E-state index in [-0.39, 0.29) is 5.82 Å². The van der Waals surface area contributed by atoms with Crippen LogP contribution in [0.2, 0.25) is 0 Å². The van der Waals surface area contributed by atoms with Gasteiger partial charge in [0, 0.05) is 42.9 Å². The average molecular weight is 520 g/mol. The predicted octanol–water partition coefficient (Wildman–Crippen LogP) is 5.47. The molecule has 0 bridgehead atoms. The first-order valence-corrected chi connectivity index (χ1v) is 12.2. The molecule has 4 heterocycles. The second-order valence-electron chi connectivity index (χ2n) is 9.44. The van der Waals surface area contributed by atoms with Crippen LogP contribution < -0.4 is 4.74 Å². The number of aromatic nitrogens is 7. The van der Waals surface area contributed by atoms with Gasteiger partial charge in [-0.15, -0.1) is 5.10 Å². The second-order valence-corrected chi connectivity index (χ2v) is 9.44. The summed E-state index contributed by atoms with van der Waals surface area (Å²) in [4.78, 5) is 17.5. The Morgan fingerprint density at radius 1 is 1.05 bits per heavy atom. The summed E-state index contributed by atoms with van der Waals surface area (Å²) in [6, 6.07) is 11.2. The Balaban J connectivity index is 1.32. The van der Waals surface area contributed by atoms with Crippen molar-refractivity contribution in [2.45, 2.75) is 37.8 Å². The van der Waals surface area contributed by atoms with Crippen molar-refractivity contribution in [3.05, 3.63) is 77.6 Å². The van der Waals surface area contributed by atoms with Gasteiger partial charge in [0.25, 0.3) is 0 Å². The summed E-state index contributed by atoms with van der Waals surface area (Å²) in [5.41, 5.74) is 3.98. The van der Waals surface area contributed by atoms with Crippen molar-refractivity contribution in [2.24, 2.45) is 7.05 Å². The normalized spacial score (nSPS) is 14.1. The number of hydrogen-bond acceptors (Lipinski definition) is 6. The number of rotatable bonds is 6. The van der Waals surface area contributed by atoms with Gasteiger partial charge < -0.3 is 9.30 Å². The molecule has 38 heavy (non-hydrogen) atoms. The zero-order chi connectivity index (χ0) is 26.4. The van der Waals surface area contributed by atoms with Crippen LogP contribution >= 0.6 is 0 Å². The van der Waals surface area contributed by atoms with Gasteiger partial charge in [-0.05, 0) is 24.5 Å². The number of hydrogen-bond donors (Lipinski definition) is 0. The second kappa shape index (κ2) is 9.23. The van der Waals surface area contributed by atoms with Crippen LogP contribution in [0.1, 0.15) is 47.7 Å². The van der Waals surface area contributed by atoms with E-state index >= 15 is 0 Å². The summed E-state index contributed by atoms with van der Waals surface area (Å²) < 4.78 is 47.9. The lowest BCUT2D eigenvalue weighted by molar-refractivity contribution is -0.140. The van der Waals surface area contributed by atoms with Gasteiger partial charge in [-0.3, -0.25) is 0 Å². The highest BCUT2D eigenvalue weighted by Crippen LogP contribution is 2.42. The van der Waals surface area contributed by atoms with Crippen molar-refractivity contribution in [3.63, 3.8) is 0 Å². The Morgan fingerprint density at radius 2 is 1.84 bits per heavy atom. The molecule has 0 amide bonds. The van der Waals surface area contributed by atoms with Gasteiger partial charge in [0.05, 0.1) is 12.8 Å². The topological polar surface area (TPSA) is 83.0 Å². The van der Waals surface area contributed by atoms with E-state index in [1.807, 2.05) is 30.5 Å². The number of pyridine rings is 1. The molecular formula is C27H24F3N7O. The molecule has 194 valence electrons. The van der Waals surface area contributed by atoms with Crippen molar-refractivity contribution in [1.29, 1.82) is 0 Å². The van der Waals surface area contributed by atoms with Gasteiger partial charge in [-0.1, -0.05) is 36.8 Å². The van der Waals surface area contributed by atoms with Crippen molar-refractivity contribution >= 4 is 5.65 Å². The lowest BCUT2D eigenvalue weighted by atomic mass is 9.81. The summed E-state index contributed by atoms with van der Waals surface area (Å²) in [5.74, 6) is 1.58. The summed E-state index contributed by atoms with van der Waals surface area (Å²) in [7, 11) is 3.13. The van der Waals surface area contributed by atoms with Crippen molar-refractivity contribution in [3.8, 4) is 28.7 Å². The summed E-state index contributed by atoms with van der Waals surface area (Å²) in [6.07, 6.45) is 3.74. The smallest absolute Gasteiger partial charge is 0.434 e. The van der Waals surface area contributed by atoms with Crippen LogP contribution in [0, 0.1) is 0 Å². The van der Waals surface area contributed by atoms with Crippen molar-refractivity contribution in [2.75, 3.05) is 7.11 Å². The standard InChI is InChI=1S/C27H24F3N7O/c1-36-14-20(27(28,29)30)33-24(36)18-10-8-16(9-11-18)13-19-7-4-12-37-25(19)34-23(35-37)21-22(17-5-3-6-17)31-15-32-26(21)38-2/h4,7-12,14-15,17H,3,5-6,13H2,1-2H3. The van der Waals surface area contributed by atoms with Crippen molar-refractivity contribution < 1.29 is 17.9 Å². The minimum atomic E-state index is -4.49. The molecule has 6 rings (SSSR count). The Kier molecular flexibility index (Phi) is 5.85. The number of imidazole rings is 1. The lowest BCUT2D eigenvalue weighted by Gasteiger charge is -2.26. The Bertz CT molecular complexity index is 1620. The molecule has 1 aliphatic rings. The van der Waals surface area contributed by atoms with Gasteiger partial charge in [0.1, 0.15) is 17.7 Å². The molecule has 8 nitrogen and oxygen atoms in total. The maximum atomic E-state index is 13.1. The first-order chi connectivity index (χ1) is 18.3. The molecule has 1 saturated carbocycles. The Hall–Kier alpha value is -4.28. The molecule has 0 radical (unpaired) electrons. The zero-order valence-electron chi connectivity index (χ0n) is 20.8. The van der Waals surface area contributed by atoms with E-state index in [1.54, 1.807) is 30.8 Å². The van der Waals surface area contributed by atoms with Crippen LogP contribution in [0.15, 0.2) is 55.1 Å². The first-order valence-electron chi connectivity index (χ1n) is 12.2. The summed E-state index contributed by atoms with van der Waals surface area (Å²) in [6.45, 7) is 0. The van der Waals surface area contributed by atoms with Crippen molar-refractivity contribution in [1.82, 2.24) is 34.1 Å². The third kappa shape index (κ3) is 4.27. The number of ether oxygens (including phenoxy) is 1. The summed E-state index contributed by atoms with van der Waals surface area (Å²) >= 11 is 0. The Labute approximate surface area is 216 Å². The summed E-state index contributed by atoms with van der Waals surface area (Å²) in [5, 5.41) is 4.72. The molecule has 1 fully saturated rings. The quantitative estimate of drug-likeness (QED) is 0.296. The number of alkyl halides is 3. The van der Waals surface area contributed by atoms with E-state index in [4.69, 9.17) is 14.8 Å². The lowest BCUT2D eigenvalue weighted by Crippen LogP contribution is -2.13. The maximum absolute atomic E-state index is 13.1. The molecule has 4 aromatic heterocycles. The fraction of sp³-hybridized carbons (Fsp3) is 0.296. The molecule has 11 heteroatoms. The molecule has 0 atom stereocenters. The molecule has 0 aliphatic heterocycles. The van der Waals surface area contributed by atoms with Crippen LogP contribution in [0.5, 0.6) is 5.88 Å². The number of methoxy groups -OCH3 is 1. The Morgan fingerprint density at radius 3 is 2.50 bits per heavy atom. The highest BCUT2D eigenvalue weighted by Gasteiger charge is 2.34. The minimum Gasteiger partial charge on any atom is -0.480 e. The van der Waals surface area contributed by atoms with Crippen LogP contribution in [0.25, 0.3) is 28.4 Å². The van der Waals surface area contributed by atoms with Gasteiger partial charge >= 0.3 is 6.18 Å². The van der Waals surface area contributed by atoms with E-state index in [0.717, 1.165) is 41.4 Å². The van der Waals surface area contributed by atoms with Crippen LogP contribution in [0.4, 0.5) is 13.2 Å². The van der Waals surface area contributed by atoms with Crippen LogP contribution in [-0.2, 0) is 19.6 Å². The van der Waals surface area contributed by atoms with E-state index in [0.29, 0.717) is 35.3 Å². The molecule has 1 aliphatic carbocycles. The largest absolute Gasteiger partial charge is 0.480 e. The van der Waals surface area contributed by atoms with Crippen LogP contribution in [0.3, 0.4) is 0 Å². The maximum Gasteiger partial charge on any atom is 0.434 e. The average Bonchev–Trinajstić information content (AvgIpc) is 3.48. The highest BCUT2D eigenvalue weighted by atomic mass is 19.4. The zero-order valence-corrected chi connectivity index (χ0v) is 20.8. The first kappa shape index (κ1) is 24.1. The molecule has 5 aromatic rings. The number of aryl methyl sites for hydroxylation is 1. The molecule has 0 N–H and O–H groups in total. The third-order valence-corrected chi connectivity index (χ3v) is 6.97. The number of fused-ring (bicyclic) bond motifs is 1. The fourth-order valence-corrected chi connectivity index (χ4v) is 4.81. The monoisotopic (exact) mass is 519 g/mol. The molecule has 1 aromatic carbocycles. The number of nitrogens with zero attached hydrogens (tertiary/aromatic N) is 7. The molecule has 0 saturated heterocycles. The SMILES string of the molecule is COc1ncnc(C2CCC2)c1-c1nc2c(Cc3ccc(-c4nc(C(F)(F)F)cn4C)cc3)cccn2n1. The van der Waals surface area contributed by atoms with Gasteiger partial charge in [-0.25, -0.2) is 24.5 Å². The van der Waals surface area contributed by atoms with Gasteiger partial charge in [0.2, 0.25) is 5.88 Å². The van der Waals surface area contributed by atoms with E-state index < -0.39 is 11.9 Å². The van der Waals surface area contributed by atoms with Gasteiger partial charge in [0.15, 0.2) is 17.2 Å². The third-order valence-electron chi connectivity index (χ3n) is 6.97. The molecule has 0 spiro atoms. The molecule has 0 unspecified atom stereocenters. The predicted molar refractivity (Wildman–Crippen MR) is 134 cm³/mol. The fourth-order valence-electron chi connectivity index (χ4n) is 4.81.